The maximum Gasteiger partial charge on any atom is 0.226 e. The van der Waals surface area contributed by atoms with E-state index in [-0.39, 0.29) is 5.91 Å². The number of halogens is 1. The minimum atomic E-state index is -0.0535. The molecule has 2 heterocycles. The average Bonchev–Trinajstić information content (AvgIpc) is 3.01. The summed E-state index contributed by atoms with van der Waals surface area (Å²) in [6.07, 6.45) is 0.975. The molecule has 0 spiro atoms. The molecule has 0 aliphatic heterocycles. The molecular formula is C15H13BrN2O2S. The molecule has 1 N–H and O–H groups in total. The molecule has 21 heavy (non-hydrogen) atoms. The van der Waals surface area contributed by atoms with Crippen LogP contribution in [0.3, 0.4) is 0 Å². The summed E-state index contributed by atoms with van der Waals surface area (Å²) in [5.74, 6) is 1.64. The van der Waals surface area contributed by atoms with Gasteiger partial charge >= 0.3 is 0 Å². The zero-order chi connectivity index (χ0) is 14.8. The number of aromatic nitrogens is 1. The molecule has 0 bridgehead atoms. The first-order valence-electron chi connectivity index (χ1n) is 6.51. The van der Waals surface area contributed by atoms with Crippen molar-refractivity contribution >= 4 is 48.5 Å². The van der Waals surface area contributed by atoms with Crippen LogP contribution >= 0.6 is 27.3 Å². The number of hydrogen-bond donors (Lipinski definition) is 1. The van der Waals surface area contributed by atoms with Gasteiger partial charge in [-0.05, 0) is 37.3 Å². The van der Waals surface area contributed by atoms with Crippen LogP contribution in [0.15, 0.2) is 39.2 Å². The number of thiazole rings is 1. The van der Waals surface area contributed by atoms with E-state index in [9.17, 15) is 4.79 Å². The summed E-state index contributed by atoms with van der Waals surface area (Å²) < 4.78 is 7.49. The first-order chi connectivity index (χ1) is 10.1. The van der Waals surface area contributed by atoms with Crippen LogP contribution in [0.1, 0.15) is 17.9 Å². The highest BCUT2D eigenvalue weighted by atomic mass is 79.9. The Hall–Kier alpha value is -1.66. The van der Waals surface area contributed by atoms with E-state index in [2.05, 4.69) is 26.2 Å². The Labute approximate surface area is 134 Å². The lowest BCUT2D eigenvalue weighted by molar-refractivity contribution is -0.116. The Kier molecular flexibility index (Phi) is 4.07. The minimum absolute atomic E-state index is 0.0535. The molecule has 6 heteroatoms. The highest BCUT2D eigenvalue weighted by molar-refractivity contribution is 9.10. The Morgan fingerprint density at radius 2 is 2.24 bits per heavy atom. The molecule has 0 fully saturated rings. The number of amides is 1. The van der Waals surface area contributed by atoms with Crippen LogP contribution in [-0.2, 0) is 11.2 Å². The van der Waals surface area contributed by atoms with E-state index in [1.54, 1.807) is 0 Å². The van der Waals surface area contributed by atoms with Crippen LogP contribution in [0, 0.1) is 6.92 Å². The van der Waals surface area contributed by atoms with Crippen LogP contribution < -0.4 is 5.32 Å². The number of benzene rings is 1. The minimum Gasteiger partial charge on any atom is -0.466 e. The Balaban J connectivity index is 1.63. The number of furan rings is 1. The molecular weight excluding hydrogens is 352 g/mol. The van der Waals surface area contributed by atoms with Crippen molar-refractivity contribution in [1.82, 2.24) is 4.98 Å². The van der Waals surface area contributed by atoms with Crippen molar-refractivity contribution < 1.29 is 9.21 Å². The molecule has 2 aromatic heterocycles. The van der Waals surface area contributed by atoms with Crippen LogP contribution in [0.5, 0.6) is 0 Å². The van der Waals surface area contributed by atoms with Gasteiger partial charge in [0.1, 0.15) is 11.5 Å². The fourth-order valence-electron chi connectivity index (χ4n) is 1.99. The highest BCUT2D eigenvalue weighted by Gasteiger charge is 2.09. The molecule has 4 nitrogen and oxygen atoms in total. The predicted molar refractivity (Wildman–Crippen MR) is 87.7 cm³/mol. The molecule has 0 radical (unpaired) electrons. The molecule has 0 aliphatic rings. The Bertz CT molecular complexity index is 794. The van der Waals surface area contributed by atoms with Gasteiger partial charge in [-0.3, -0.25) is 4.79 Å². The summed E-state index contributed by atoms with van der Waals surface area (Å²) in [7, 11) is 0. The lowest BCUT2D eigenvalue weighted by atomic mass is 10.2. The maximum atomic E-state index is 11.9. The van der Waals surface area contributed by atoms with Gasteiger partial charge in [0.25, 0.3) is 0 Å². The van der Waals surface area contributed by atoms with Crippen molar-refractivity contribution in [2.75, 3.05) is 5.32 Å². The van der Waals surface area contributed by atoms with Gasteiger partial charge in [-0.15, -0.1) is 0 Å². The third kappa shape index (κ3) is 3.51. The third-order valence-corrected chi connectivity index (χ3v) is 4.42. The predicted octanol–water partition coefficient (Wildman–Crippen LogP) is 4.53. The van der Waals surface area contributed by atoms with E-state index in [1.165, 1.54) is 11.3 Å². The molecule has 1 aromatic carbocycles. The number of carbonyl (C=O) groups excluding carboxylic acids is 1. The van der Waals surface area contributed by atoms with E-state index in [1.807, 2.05) is 37.3 Å². The van der Waals surface area contributed by atoms with Gasteiger partial charge < -0.3 is 9.73 Å². The lowest BCUT2D eigenvalue weighted by Crippen LogP contribution is -2.11. The molecule has 0 atom stereocenters. The SMILES string of the molecule is Cc1ccc(CCC(=O)Nc2nc3ccc(Br)cc3s2)o1. The number of carbonyl (C=O) groups is 1. The van der Waals surface area contributed by atoms with Gasteiger partial charge in [-0.2, -0.15) is 0 Å². The van der Waals surface area contributed by atoms with Crippen molar-refractivity contribution in [3.05, 3.63) is 46.3 Å². The first-order valence-corrected chi connectivity index (χ1v) is 8.12. The zero-order valence-electron chi connectivity index (χ0n) is 11.4. The summed E-state index contributed by atoms with van der Waals surface area (Å²) in [6.45, 7) is 1.89. The van der Waals surface area contributed by atoms with Gasteiger partial charge in [0.15, 0.2) is 5.13 Å². The molecule has 0 saturated heterocycles. The summed E-state index contributed by atoms with van der Waals surface area (Å²) in [6, 6.07) is 9.66. The van der Waals surface area contributed by atoms with Crippen molar-refractivity contribution in [2.45, 2.75) is 19.8 Å². The van der Waals surface area contributed by atoms with Gasteiger partial charge in [-0.1, -0.05) is 27.3 Å². The third-order valence-electron chi connectivity index (χ3n) is 2.99. The number of fused-ring (bicyclic) bond motifs is 1. The zero-order valence-corrected chi connectivity index (χ0v) is 13.8. The summed E-state index contributed by atoms with van der Waals surface area (Å²) >= 11 is 4.90. The standard InChI is InChI=1S/C15H13BrN2O2S/c1-9-2-4-11(20-9)5-7-14(19)18-15-17-12-6-3-10(16)8-13(12)21-15/h2-4,6,8H,5,7H2,1H3,(H,17,18,19). The molecule has 0 aliphatic carbocycles. The van der Waals surface area contributed by atoms with Gasteiger partial charge in [0.2, 0.25) is 5.91 Å². The second kappa shape index (κ2) is 5.99. The number of nitrogens with one attached hydrogen (secondary N) is 1. The second-order valence-electron chi connectivity index (χ2n) is 4.69. The summed E-state index contributed by atoms with van der Waals surface area (Å²) in [5, 5.41) is 3.47. The first kappa shape index (κ1) is 14.3. The van der Waals surface area contributed by atoms with Gasteiger partial charge in [-0.25, -0.2) is 4.98 Å². The number of hydrogen-bond acceptors (Lipinski definition) is 4. The number of anilines is 1. The molecule has 0 saturated carbocycles. The van der Waals surface area contributed by atoms with Crippen molar-refractivity contribution in [3.63, 3.8) is 0 Å². The smallest absolute Gasteiger partial charge is 0.226 e. The molecule has 3 aromatic rings. The molecule has 108 valence electrons. The highest BCUT2D eigenvalue weighted by Crippen LogP contribution is 2.28. The van der Waals surface area contributed by atoms with Gasteiger partial charge in [0.05, 0.1) is 10.2 Å². The van der Waals surface area contributed by atoms with Crippen molar-refractivity contribution in [1.29, 1.82) is 0 Å². The van der Waals surface area contributed by atoms with E-state index >= 15 is 0 Å². The van der Waals surface area contributed by atoms with Gasteiger partial charge in [0, 0.05) is 17.3 Å². The Morgan fingerprint density at radius 1 is 1.38 bits per heavy atom. The average molecular weight is 365 g/mol. The number of rotatable bonds is 4. The van der Waals surface area contributed by atoms with Crippen molar-refractivity contribution in [3.8, 4) is 0 Å². The van der Waals surface area contributed by atoms with E-state index in [0.29, 0.717) is 18.0 Å². The quantitative estimate of drug-likeness (QED) is 0.739. The topological polar surface area (TPSA) is 55.1 Å². The largest absolute Gasteiger partial charge is 0.466 e. The molecule has 0 unspecified atom stereocenters. The van der Waals surface area contributed by atoms with Crippen LogP contribution in [-0.4, -0.2) is 10.9 Å². The van der Waals surface area contributed by atoms with E-state index in [0.717, 1.165) is 26.2 Å². The van der Waals surface area contributed by atoms with Crippen LogP contribution in [0.4, 0.5) is 5.13 Å². The fourth-order valence-corrected chi connectivity index (χ4v) is 3.42. The summed E-state index contributed by atoms with van der Waals surface area (Å²) in [4.78, 5) is 16.3. The maximum absolute atomic E-state index is 11.9. The van der Waals surface area contributed by atoms with E-state index < -0.39 is 0 Å². The number of nitrogens with zero attached hydrogens (tertiary/aromatic N) is 1. The Morgan fingerprint density at radius 3 is 3.00 bits per heavy atom. The van der Waals surface area contributed by atoms with E-state index in [4.69, 9.17) is 4.42 Å². The normalized spacial score (nSPS) is 11.0. The van der Waals surface area contributed by atoms with Crippen LogP contribution in [0.25, 0.3) is 10.2 Å². The van der Waals surface area contributed by atoms with Crippen LogP contribution in [0.2, 0.25) is 0 Å². The second-order valence-corrected chi connectivity index (χ2v) is 6.64. The fraction of sp³-hybridized carbons (Fsp3) is 0.200. The van der Waals surface area contributed by atoms with Crippen molar-refractivity contribution in [2.24, 2.45) is 0 Å². The summed E-state index contributed by atoms with van der Waals surface area (Å²) in [5.41, 5.74) is 0.889. The molecule has 1 amide bonds. The number of aryl methyl sites for hydroxylation is 2. The monoisotopic (exact) mass is 364 g/mol. The molecule has 3 rings (SSSR count). The lowest BCUT2D eigenvalue weighted by Gasteiger charge is -1.99.